The van der Waals surface area contributed by atoms with E-state index in [2.05, 4.69) is 15.4 Å². The Labute approximate surface area is 107 Å². The number of hydrogen-bond acceptors (Lipinski definition) is 5. The molecular formula is C12H22N2O4. The Bertz CT molecular complexity index is 312. The summed E-state index contributed by atoms with van der Waals surface area (Å²) in [5, 5.41) is 5.83. The van der Waals surface area contributed by atoms with Gasteiger partial charge < -0.3 is 20.1 Å². The average Bonchev–Trinajstić information content (AvgIpc) is 2.25. The maximum atomic E-state index is 11.6. The smallest absolute Gasteiger partial charge is 0.407 e. The van der Waals surface area contributed by atoms with Crippen LogP contribution in [0.4, 0.5) is 4.79 Å². The summed E-state index contributed by atoms with van der Waals surface area (Å²) in [6, 6.07) is -0.422. The van der Waals surface area contributed by atoms with Crippen LogP contribution in [0.3, 0.4) is 0 Å². The van der Waals surface area contributed by atoms with Gasteiger partial charge in [0.2, 0.25) is 0 Å². The number of nitrogens with one attached hydrogen (secondary N) is 2. The molecule has 1 aliphatic heterocycles. The highest BCUT2D eigenvalue weighted by molar-refractivity contribution is 5.76. The van der Waals surface area contributed by atoms with Crippen LogP contribution in [-0.4, -0.2) is 43.4 Å². The molecule has 0 radical (unpaired) electrons. The molecule has 1 aliphatic rings. The minimum Gasteiger partial charge on any atom is -0.468 e. The predicted octanol–water partition coefficient (Wildman–Crippen LogP) is 0.805. The molecule has 6 heteroatoms. The van der Waals surface area contributed by atoms with Crippen LogP contribution in [-0.2, 0) is 14.3 Å². The summed E-state index contributed by atoms with van der Waals surface area (Å²) in [5.41, 5.74) is -0.515. The minimum atomic E-state index is -0.515. The van der Waals surface area contributed by atoms with Gasteiger partial charge >= 0.3 is 12.1 Å². The molecule has 2 atom stereocenters. The molecule has 1 rings (SSSR count). The number of carbonyl (C=O) groups is 2. The molecule has 1 amide bonds. The van der Waals surface area contributed by atoms with Crippen molar-refractivity contribution in [3.8, 4) is 0 Å². The molecule has 6 nitrogen and oxygen atoms in total. The molecule has 0 spiro atoms. The van der Waals surface area contributed by atoms with Crippen molar-refractivity contribution in [2.45, 2.75) is 51.3 Å². The third-order valence-electron chi connectivity index (χ3n) is 2.61. The first-order valence-corrected chi connectivity index (χ1v) is 6.12. The van der Waals surface area contributed by atoms with Crippen LogP contribution < -0.4 is 10.6 Å². The standard InChI is InChI=1S/C12H22N2O4/c1-12(2,3)18-11(16)14-8-5-6-13-9(7-8)10(15)17-4/h8-9,13H,5-7H2,1-4H3,(H,14,16)/t8-,9-/m0/s1. The molecule has 104 valence electrons. The lowest BCUT2D eigenvalue weighted by molar-refractivity contribution is -0.143. The minimum absolute atomic E-state index is 0.0646. The number of ether oxygens (including phenoxy) is 2. The van der Waals surface area contributed by atoms with Crippen molar-refractivity contribution in [1.29, 1.82) is 0 Å². The molecule has 0 bridgehead atoms. The van der Waals surface area contributed by atoms with Crippen LogP contribution >= 0.6 is 0 Å². The van der Waals surface area contributed by atoms with Gasteiger partial charge in [-0.2, -0.15) is 0 Å². The summed E-state index contributed by atoms with van der Waals surface area (Å²) < 4.78 is 9.85. The molecule has 1 fully saturated rings. The van der Waals surface area contributed by atoms with E-state index in [0.29, 0.717) is 13.0 Å². The molecule has 1 saturated heterocycles. The van der Waals surface area contributed by atoms with Crippen LogP contribution in [0.5, 0.6) is 0 Å². The molecule has 0 aromatic rings. The van der Waals surface area contributed by atoms with E-state index < -0.39 is 11.7 Å². The summed E-state index contributed by atoms with van der Waals surface area (Å²) in [5.74, 6) is -0.300. The fourth-order valence-electron chi connectivity index (χ4n) is 1.84. The largest absolute Gasteiger partial charge is 0.468 e. The van der Waals surface area contributed by atoms with Gasteiger partial charge in [-0.25, -0.2) is 4.79 Å². The number of rotatable bonds is 2. The highest BCUT2D eigenvalue weighted by Gasteiger charge is 2.29. The van der Waals surface area contributed by atoms with Crippen LogP contribution in [0.15, 0.2) is 0 Å². The lowest BCUT2D eigenvalue weighted by Crippen LogP contribution is -2.51. The fourth-order valence-corrected chi connectivity index (χ4v) is 1.84. The monoisotopic (exact) mass is 258 g/mol. The van der Waals surface area contributed by atoms with Crippen molar-refractivity contribution in [3.63, 3.8) is 0 Å². The molecule has 1 heterocycles. The van der Waals surface area contributed by atoms with E-state index in [9.17, 15) is 9.59 Å². The number of amides is 1. The van der Waals surface area contributed by atoms with Crippen molar-refractivity contribution in [1.82, 2.24) is 10.6 Å². The molecule has 2 N–H and O–H groups in total. The number of piperidine rings is 1. The highest BCUT2D eigenvalue weighted by atomic mass is 16.6. The second-order valence-electron chi connectivity index (χ2n) is 5.40. The quantitative estimate of drug-likeness (QED) is 0.717. The average molecular weight is 258 g/mol. The van der Waals surface area contributed by atoms with E-state index >= 15 is 0 Å². The molecular weight excluding hydrogens is 236 g/mol. The van der Waals surface area contributed by atoms with Gasteiger partial charge in [0.25, 0.3) is 0 Å². The van der Waals surface area contributed by atoms with E-state index in [0.717, 1.165) is 6.42 Å². The van der Waals surface area contributed by atoms with Crippen LogP contribution in [0.2, 0.25) is 0 Å². The molecule has 0 saturated carbocycles. The zero-order valence-electron chi connectivity index (χ0n) is 11.4. The number of esters is 1. The summed E-state index contributed by atoms with van der Waals surface area (Å²) in [6.07, 6.45) is 0.844. The highest BCUT2D eigenvalue weighted by Crippen LogP contribution is 2.12. The second kappa shape index (κ2) is 6.04. The van der Waals surface area contributed by atoms with Gasteiger partial charge in [0.15, 0.2) is 0 Å². The van der Waals surface area contributed by atoms with Crippen molar-refractivity contribution in [2.75, 3.05) is 13.7 Å². The number of alkyl carbamates (subject to hydrolysis) is 1. The Morgan fingerprint density at radius 1 is 1.33 bits per heavy atom. The Morgan fingerprint density at radius 3 is 2.56 bits per heavy atom. The molecule has 0 aromatic heterocycles. The predicted molar refractivity (Wildman–Crippen MR) is 66.2 cm³/mol. The Kier molecular flexibility index (Phi) is 4.95. The van der Waals surface area contributed by atoms with Crippen molar-refractivity contribution in [3.05, 3.63) is 0 Å². The first kappa shape index (κ1) is 14.8. The fraction of sp³-hybridized carbons (Fsp3) is 0.833. The van der Waals surface area contributed by atoms with E-state index in [4.69, 9.17) is 4.74 Å². The first-order valence-electron chi connectivity index (χ1n) is 6.12. The third kappa shape index (κ3) is 4.91. The summed E-state index contributed by atoms with van der Waals surface area (Å²) >= 11 is 0. The third-order valence-corrected chi connectivity index (χ3v) is 2.61. The molecule has 0 aliphatic carbocycles. The van der Waals surface area contributed by atoms with Crippen LogP contribution in [0, 0.1) is 0 Å². The Hall–Kier alpha value is -1.30. The molecule has 0 unspecified atom stereocenters. The van der Waals surface area contributed by atoms with E-state index in [1.165, 1.54) is 7.11 Å². The normalized spacial score (nSPS) is 24.2. The van der Waals surface area contributed by atoms with Gasteiger partial charge in [-0.1, -0.05) is 0 Å². The molecule has 18 heavy (non-hydrogen) atoms. The van der Waals surface area contributed by atoms with Crippen LogP contribution in [0.1, 0.15) is 33.6 Å². The number of carbonyl (C=O) groups excluding carboxylic acids is 2. The van der Waals surface area contributed by atoms with Gasteiger partial charge in [0.05, 0.1) is 7.11 Å². The summed E-state index contributed by atoms with van der Waals surface area (Å²) in [6.45, 7) is 6.10. The van der Waals surface area contributed by atoms with Gasteiger partial charge in [-0.05, 0) is 40.2 Å². The number of hydrogen-bond donors (Lipinski definition) is 2. The maximum absolute atomic E-state index is 11.6. The van der Waals surface area contributed by atoms with E-state index in [1.807, 2.05) is 20.8 Å². The van der Waals surface area contributed by atoms with E-state index in [-0.39, 0.29) is 18.1 Å². The van der Waals surface area contributed by atoms with Gasteiger partial charge in [0.1, 0.15) is 11.6 Å². The second-order valence-corrected chi connectivity index (χ2v) is 5.40. The zero-order valence-corrected chi connectivity index (χ0v) is 11.4. The SMILES string of the molecule is COC(=O)[C@@H]1C[C@@H](NC(=O)OC(C)(C)C)CCN1. The van der Waals surface area contributed by atoms with Crippen molar-refractivity contribution in [2.24, 2.45) is 0 Å². The van der Waals surface area contributed by atoms with Crippen LogP contribution in [0.25, 0.3) is 0 Å². The van der Waals surface area contributed by atoms with Gasteiger partial charge in [-0.15, -0.1) is 0 Å². The number of methoxy groups -OCH3 is 1. The lowest BCUT2D eigenvalue weighted by atomic mass is 10.00. The van der Waals surface area contributed by atoms with Gasteiger partial charge in [-0.3, -0.25) is 4.79 Å². The topological polar surface area (TPSA) is 76.7 Å². The van der Waals surface area contributed by atoms with E-state index in [1.54, 1.807) is 0 Å². The summed E-state index contributed by atoms with van der Waals surface area (Å²) in [4.78, 5) is 23.0. The lowest BCUT2D eigenvalue weighted by Gasteiger charge is -2.30. The Balaban J connectivity index is 2.43. The summed E-state index contributed by atoms with van der Waals surface area (Å²) in [7, 11) is 1.36. The van der Waals surface area contributed by atoms with Crippen molar-refractivity contribution >= 4 is 12.1 Å². The zero-order chi connectivity index (χ0) is 13.8. The first-order chi connectivity index (χ1) is 8.31. The Morgan fingerprint density at radius 2 is 2.00 bits per heavy atom. The van der Waals surface area contributed by atoms with Gasteiger partial charge in [0, 0.05) is 6.04 Å². The van der Waals surface area contributed by atoms with Crippen molar-refractivity contribution < 1.29 is 19.1 Å². The maximum Gasteiger partial charge on any atom is 0.407 e. The molecule has 0 aromatic carbocycles.